The molecule has 3 aromatic rings. The summed E-state index contributed by atoms with van der Waals surface area (Å²) in [5.74, 6) is 0.923. The number of rotatable bonds is 4. The van der Waals surface area contributed by atoms with Crippen LogP contribution in [0.3, 0.4) is 0 Å². The molecule has 0 aliphatic rings. The summed E-state index contributed by atoms with van der Waals surface area (Å²) in [6.45, 7) is 6.38. The standard InChI is InChI=1S/C20H20N2S/c1-14-8-9-15(2)17(12-14)13-23-20-11-10-19(21-22-20)18-7-5-4-6-16(18)3/h4-12H,13H2,1-3H3. The molecule has 2 aromatic carbocycles. The van der Waals surface area contributed by atoms with E-state index in [9.17, 15) is 0 Å². The van der Waals surface area contributed by atoms with Crippen molar-refractivity contribution in [1.29, 1.82) is 0 Å². The lowest BCUT2D eigenvalue weighted by atomic mass is 10.1. The van der Waals surface area contributed by atoms with Gasteiger partial charge in [0.25, 0.3) is 0 Å². The Hall–Kier alpha value is -2.13. The van der Waals surface area contributed by atoms with Crippen LogP contribution in [0, 0.1) is 20.8 Å². The Morgan fingerprint density at radius 1 is 0.826 bits per heavy atom. The molecule has 3 heteroatoms. The van der Waals surface area contributed by atoms with Crippen LogP contribution in [0.5, 0.6) is 0 Å². The van der Waals surface area contributed by atoms with Crippen molar-refractivity contribution < 1.29 is 0 Å². The molecule has 3 rings (SSSR count). The Morgan fingerprint density at radius 3 is 2.39 bits per heavy atom. The zero-order valence-corrected chi connectivity index (χ0v) is 14.5. The summed E-state index contributed by atoms with van der Waals surface area (Å²) < 4.78 is 0. The van der Waals surface area contributed by atoms with Crippen molar-refractivity contribution in [2.45, 2.75) is 31.6 Å². The summed E-state index contributed by atoms with van der Waals surface area (Å²) in [5, 5.41) is 9.73. The van der Waals surface area contributed by atoms with Gasteiger partial charge in [-0.3, -0.25) is 0 Å². The van der Waals surface area contributed by atoms with Gasteiger partial charge in [-0.2, -0.15) is 0 Å². The van der Waals surface area contributed by atoms with Crippen molar-refractivity contribution in [2.24, 2.45) is 0 Å². The number of hydrogen-bond acceptors (Lipinski definition) is 3. The number of benzene rings is 2. The van der Waals surface area contributed by atoms with Gasteiger partial charge in [0.15, 0.2) is 0 Å². The van der Waals surface area contributed by atoms with E-state index in [1.807, 2.05) is 12.1 Å². The third-order valence-corrected chi connectivity index (χ3v) is 4.91. The zero-order chi connectivity index (χ0) is 16.2. The minimum absolute atomic E-state index is 0.923. The van der Waals surface area contributed by atoms with Crippen LogP contribution in [0.1, 0.15) is 22.3 Å². The molecule has 0 saturated heterocycles. The van der Waals surface area contributed by atoms with E-state index in [1.54, 1.807) is 11.8 Å². The smallest absolute Gasteiger partial charge is 0.119 e. The molecule has 0 unspecified atom stereocenters. The first-order valence-electron chi connectivity index (χ1n) is 7.72. The molecule has 1 aromatic heterocycles. The predicted molar refractivity (Wildman–Crippen MR) is 97.7 cm³/mol. The Balaban J connectivity index is 1.73. The molecule has 116 valence electrons. The van der Waals surface area contributed by atoms with Gasteiger partial charge in [-0.1, -0.05) is 59.8 Å². The molecule has 0 atom stereocenters. The lowest BCUT2D eigenvalue weighted by Gasteiger charge is -2.07. The van der Waals surface area contributed by atoms with Gasteiger partial charge >= 0.3 is 0 Å². The summed E-state index contributed by atoms with van der Waals surface area (Å²) in [5.41, 5.74) is 7.28. The van der Waals surface area contributed by atoms with Crippen molar-refractivity contribution in [2.75, 3.05) is 0 Å². The average Bonchev–Trinajstić information content (AvgIpc) is 2.57. The second kappa shape index (κ2) is 6.97. The highest BCUT2D eigenvalue weighted by molar-refractivity contribution is 7.98. The maximum Gasteiger partial charge on any atom is 0.119 e. The van der Waals surface area contributed by atoms with Gasteiger partial charge in [0, 0.05) is 11.3 Å². The van der Waals surface area contributed by atoms with E-state index < -0.39 is 0 Å². The number of aryl methyl sites for hydroxylation is 3. The van der Waals surface area contributed by atoms with Gasteiger partial charge in [0.1, 0.15) is 5.03 Å². The maximum absolute atomic E-state index is 4.39. The number of hydrogen-bond donors (Lipinski definition) is 0. The summed E-state index contributed by atoms with van der Waals surface area (Å²) in [6, 6.07) is 19.0. The number of thioether (sulfide) groups is 1. The van der Waals surface area contributed by atoms with Gasteiger partial charge < -0.3 is 0 Å². The first kappa shape index (κ1) is 15.8. The summed E-state index contributed by atoms with van der Waals surface area (Å²) >= 11 is 1.73. The van der Waals surface area contributed by atoms with E-state index in [-0.39, 0.29) is 0 Å². The first-order valence-corrected chi connectivity index (χ1v) is 8.71. The molecule has 23 heavy (non-hydrogen) atoms. The Bertz CT molecular complexity index is 810. The zero-order valence-electron chi connectivity index (χ0n) is 13.7. The normalized spacial score (nSPS) is 10.7. The SMILES string of the molecule is Cc1ccc(C)c(CSc2ccc(-c3ccccc3C)nn2)c1. The van der Waals surface area contributed by atoms with E-state index in [0.717, 1.165) is 22.0 Å². The highest BCUT2D eigenvalue weighted by Gasteiger charge is 2.05. The second-order valence-corrected chi connectivity index (χ2v) is 6.79. The van der Waals surface area contributed by atoms with Gasteiger partial charge in [0.2, 0.25) is 0 Å². The van der Waals surface area contributed by atoms with Crippen molar-refractivity contribution in [1.82, 2.24) is 10.2 Å². The maximum atomic E-state index is 4.39. The molecule has 1 heterocycles. The molecular weight excluding hydrogens is 300 g/mol. The van der Waals surface area contributed by atoms with Crippen LogP contribution in [0.4, 0.5) is 0 Å². The quantitative estimate of drug-likeness (QED) is 0.605. The van der Waals surface area contributed by atoms with Crippen LogP contribution in [-0.2, 0) is 5.75 Å². The fraction of sp³-hybridized carbons (Fsp3) is 0.200. The summed E-state index contributed by atoms with van der Waals surface area (Å²) in [4.78, 5) is 0. The van der Waals surface area contributed by atoms with E-state index in [0.29, 0.717) is 0 Å². The molecule has 0 spiro atoms. The van der Waals surface area contributed by atoms with E-state index in [2.05, 4.69) is 73.4 Å². The lowest BCUT2D eigenvalue weighted by Crippen LogP contribution is -1.92. The average molecular weight is 320 g/mol. The Labute approximate surface area is 142 Å². The second-order valence-electron chi connectivity index (χ2n) is 5.79. The minimum atomic E-state index is 0.923. The van der Waals surface area contributed by atoms with E-state index >= 15 is 0 Å². The largest absolute Gasteiger partial charge is 0.149 e. The molecule has 2 nitrogen and oxygen atoms in total. The molecule has 0 radical (unpaired) electrons. The molecule has 0 fully saturated rings. The fourth-order valence-electron chi connectivity index (χ4n) is 2.51. The molecular formula is C20H20N2S. The van der Waals surface area contributed by atoms with Crippen LogP contribution in [0.15, 0.2) is 59.6 Å². The number of nitrogens with zero attached hydrogens (tertiary/aromatic N) is 2. The molecule has 0 saturated carbocycles. The minimum Gasteiger partial charge on any atom is -0.149 e. The molecule has 0 aliphatic carbocycles. The first-order chi connectivity index (χ1) is 11.1. The highest BCUT2D eigenvalue weighted by Crippen LogP contribution is 2.25. The predicted octanol–water partition coefficient (Wildman–Crippen LogP) is 5.36. The monoisotopic (exact) mass is 320 g/mol. The van der Waals surface area contributed by atoms with Crippen molar-refractivity contribution in [3.05, 3.63) is 76.9 Å². The Morgan fingerprint density at radius 2 is 1.65 bits per heavy atom. The van der Waals surface area contributed by atoms with Gasteiger partial charge in [-0.15, -0.1) is 10.2 Å². The van der Waals surface area contributed by atoms with Crippen molar-refractivity contribution >= 4 is 11.8 Å². The molecule has 0 N–H and O–H groups in total. The highest BCUT2D eigenvalue weighted by atomic mass is 32.2. The van der Waals surface area contributed by atoms with E-state index in [1.165, 1.54) is 22.3 Å². The summed E-state index contributed by atoms with van der Waals surface area (Å²) in [7, 11) is 0. The molecule has 0 bridgehead atoms. The number of aromatic nitrogens is 2. The molecule has 0 aliphatic heterocycles. The summed E-state index contributed by atoms with van der Waals surface area (Å²) in [6.07, 6.45) is 0. The third kappa shape index (κ3) is 3.80. The van der Waals surface area contributed by atoms with Crippen molar-refractivity contribution in [3.8, 4) is 11.3 Å². The molecule has 0 amide bonds. The van der Waals surface area contributed by atoms with Crippen LogP contribution >= 0.6 is 11.8 Å². The van der Waals surface area contributed by atoms with Crippen LogP contribution in [0.25, 0.3) is 11.3 Å². The van der Waals surface area contributed by atoms with Gasteiger partial charge in [-0.25, -0.2) is 0 Å². The van der Waals surface area contributed by atoms with Gasteiger partial charge in [-0.05, 0) is 49.6 Å². The van der Waals surface area contributed by atoms with Crippen LogP contribution in [0.2, 0.25) is 0 Å². The van der Waals surface area contributed by atoms with Gasteiger partial charge in [0.05, 0.1) is 5.69 Å². The van der Waals surface area contributed by atoms with Crippen LogP contribution < -0.4 is 0 Å². The fourth-order valence-corrected chi connectivity index (χ4v) is 3.39. The Kier molecular flexibility index (Phi) is 4.77. The van der Waals surface area contributed by atoms with Crippen LogP contribution in [-0.4, -0.2) is 10.2 Å². The lowest BCUT2D eigenvalue weighted by molar-refractivity contribution is 0.934. The topological polar surface area (TPSA) is 25.8 Å². The van der Waals surface area contributed by atoms with E-state index in [4.69, 9.17) is 0 Å². The third-order valence-electron chi connectivity index (χ3n) is 3.94. The van der Waals surface area contributed by atoms with Crippen molar-refractivity contribution in [3.63, 3.8) is 0 Å².